The number of anilines is 1. The molecule has 2 heterocycles. The van der Waals surface area contributed by atoms with Gasteiger partial charge in [-0.2, -0.15) is 4.98 Å². The average molecular weight is 184 g/mol. The van der Waals surface area contributed by atoms with Crippen molar-refractivity contribution >= 4 is 28.0 Å². The van der Waals surface area contributed by atoms with E-state index in [1.807, 2.05) is 30.3 Å². The SMILES string of the molecule is Nc1nc2nc3ccccc3cc2[nH]1. The van der Waals surface area contributed by atoms with Gasteiger partial charge in [0.25, 0.3) is 0 Å². The van der Waals surface area contributed by atoms with Crippen molar-refractivity contribution < 1.29 is 0 Å². The summed E-state index contributed by atoms with van der Waals surface area (Å²) in [7, 11) is 0. The summed E-state index contributed by atoms with van der Waals surface area (Å²) in [4.78, 5) is 11.4. The summed E-state index contributed by atoms with van der Waals surface area (Å²) in [5.74, 6) is 0.405. The number of rotatable bonds is 0. The van der Waals surface area contributed by atoms with Gasteiger partial charge in [-0.3, -0.25) is 0 Å². The van der Waals surface area contributed by atoms with E-state index in [1.54, 1.807) is 0 Å². The van der Waals surface area contributed by atoms with E-state index in [0.717, 1.165) is 16.4 Å². The number of nitrogens with zero attached hydrogens (tertiary/aromatic N) is 2. The van der Waals surface area contributed by atoms with E-state index in [-0.39, 0.29) is 0 Å². The largest absolute Gasteiger partial charge is 0.369 e. The van der Waals surface area contributed by atoms with Gasteiger partial charge >= 0.3 is 0 Å². The Morgan fingerprint density at radius 3 is 2.93 bits per heavy atom. The van der Waals surface area contributed by atoms with Gasteiger partial charge in [0.05, 0.1) is 11.0 Å². The second-order valence-electron chi connectivity index (χ2n) is 3.17. The molecule has 68 valence electrons. The third-order valence-corrected chi connectivity index (χ3v) is 2.19. The first-order valence-corrected chi connectivity index (χ1v) is 4.34. The summed E-state index contributed by atoms with van der Waals surface area (Å²) in [6.45, 7) is 0. The van der Waals surface area contributed by atoms with E-state index >= 15 is 0 Å². The lowest BCUT2D eigenvalue weighted by atomic mass is 10.2. The topological polar surface area (TPSA) is 67.6 Å². The molecular formula is C10H8N4. The molecule has 0 fully saturated rings. The van der Waals surface area contributed by atoms with E-state index in [2.05, 4.69) is 15.0 Å². The maximum absolute atomic E-state index is 5.55. The number of para-hydroxylation sites is 1. The standard InChI is InChI=1S/C10H8N4/c11-10-13-8-5-6-3-1-2-4-7(6)12-9(8)14-10/h1-5H,(H3,11,12,13,14). The minimum absolute atomic E-state index is 0.405. The number of hydrogen-bond acceptors (Lipinski definition) is 3. The smallest absolute Gasteiger partial charge is 0.200 e. The van der Waals surface area contributed by atoms with Crippen LogP contribution in [-0.4, -0.2) is 15.0 Å². The summed E-state index contributed by atoms with van der Waals surface area (Å²) in [5.41, 5.74) is 8.03. The molecule has 4 nitrogen and oxygen atoms in total. The number of fused-ring (bicyclic) bond motifs is 2. The molecule has 0 atom stereocenters. The van der Waals surface area contributed by atoms with Crippen molar-refractivity contribution in [1.82, 2.24) is 15.0 Å². The molecular weight excluding hydrogens is 176 g/mol. The highest BCUT2D eigenvalue weighted by molar-refractivity contribution is 5.89. The second kappa shape index (κ2) is 2.45. The summed E-state index contributed by atoms with van der Waals surface area (Å²) < 4.78 is 0. The predicted molar refractivity (Wildman–Crippen MR) is 55.8 cm³/mol. The molecule has 0 saturated carbocycles. The maximum atomic E-state index is 5.55. The molecule has 0 spiro atoms. The van der Waals surface area contributed by atoms with Crippen molar-refractivity contribution in [2.75, 3.05) is 5.73 Å². The van der Waals surface area contributed by atoms with Gasteiger partial charge in [-0.05, 0) is 12.1 Å². The highest BCUT2D eigenvalue weighted by Crippen LogP contribution is 2.17. The number of H-pyrrole nitrogens is 1. The molecule has 3 aromatic rings. The van der Waals surface area contributed by atoms with Crippen molar-refractivity contribution in [3.05, 3.63) is 30.3 Å². The van der Waals surface area contributed by atoms with Gasteiger partial charge < -0.3 is 10.7 Å². The maximum Gasteiger partial charge on any atom is 0.200 e. The van der Waals surface area contributed by atoms with Gasteiger partial charge in [0.2, 0.25) is 0 Å². The number of nitrogens with two attached hydrogens (primary N) is 1. The summed E-state index contributed by atoms with van der Waals surface area (Å²) in [6.07, 6.45) is 0. The fraction of sp³-hybridized carbons (Fsp3) is 0. The molecule has 0 aliphatic heterocycles. The Morgan fingerprint density at radius 1 is 1.14 bits per heavy atom. The lowest BCUT2D eigenvalue weighted by Crippen LogP contribution is -1.84. The lowest BCUT2D eigenvalue weighted by Gasteiger charge is -1.94. The average Bonchev–Trinajstić information content (AvgIpc) is 2.53. The van der Waals surface area contributed by atoms with Crippen molar-refractivity contribution in [2.45, 2.75) is 0 Å². The van der Waals surface area contributed by atoms with Crippen LogP contribution in [0.2, 0.25) is 0 Å². The number of nitrogens with one attached hydrogen (secondary N) is 1. The van der Waals surface area contributed by atoms with Crippen molar-refractivity contribution in [1.29, 1.82) is 0 Å². The molecule has 4 heteroatoms. The van der Waals surface area contributed by atoms with Gasteiger partial charge in [-0.15, -0.1) is 0 Å². The van der Waals surface area contributed by atoms with Crippen LogP contribution >= 0.6 is 0 Å². The molecule has 0 aliphatic carbocycles. The minimum Gasteiger partial charge on any atom is -0.369 e. The Kier molecular flexibility index (Phi) is 1.28. The van der Waals surface area contributed by atoms with Gasteiger partial charge in [0.1, 0.15) is 0 Å². The summed E-state index contributed by atoms with van der Waals surface area (Å²) in [5, 5.41) is 1.09. The molecule has 0 bridgehead atoms. The number of hydrogen-bond donors (Lipinski definition) is 2. The summed E-state index contributed by atoms with van der Waals surface area (Å²) >= 11 is 0. The fourth-order valence-electron chi connectivity index (χ4n) is 1.56. The molecule has 0 amide bonds. The van der Waals surface area contributed by atoms with Crippen LogP contribution in [-0.2, 0) is 0 Å². The van der Waals surface area contributed by atoms with E-state index in [4.69, 9.17) is 5.73 Å². The van der Waals surface area contributed by atoms with Crippen LogP contribution in [0.25, 0.3) is 22.1 Å². The van der Waals surface area contributed by atoms with Crippen LogP contribution in [0.15, 0.2) is 30.3 Å². The fourth-order valence-corrected chi connectivity index (χ4v) is 1.56. The summed E-state index contributed by atoms with van der Waals surface area (Å²) in [6, 6.07) is 9.91. The van der Waals surface area contributed by atoms with Crippen molar-refractivity contribution in [2.24, 2.45) is 0 Å². The van der Waals surface area contributed by atoms with Crippen molar-refractivity contribution in [3.8, 4) is 0 Å². The first-order chi connectivity index (χ1) is 6.83. The first kappa shape index (κ1) is 7.32. The number of aromatic nitrogens is 3. The van der Waals surface area contributed by atoms with Crippen LogP contribution in [0.4, 0.5) is 5.95 Å². The number of imidazole rings is 1. The van der Waals surface area contributed by atoms with E-state index in [0.29, 0.717) is 11.6 Å². The van der Waals surface area contributed by atoms with E-state index in [1.165, 1.54) is 0 Å². The van der Waals surface area contributed by atoms with Gasteiger partial charge in [0.15, 0.2) is 11.6 Å². The molecule has 3 N–H and O–H groups in total. The Morgan fingerprint density at radius 2 is 2.00 bits per heavy atom. The number of aromatic amines is 1. The highest BCUT2D eigenvalue weighted by atomic mass is 15.1. The molecule has 0 radical (unpaired) electrons. The molecule has 0 saturated heterocycles. The molecule has 14 heavy (non-hydrogen) atoms. The Bertz CT molecular complexity index is 559. The molecule has 0 unspecified atom stereocenters. The number of pyridine rings is 1. The second-order valence-corrected chi connectivity index (χ2v) is 3.17. The quantitative estimate of drug-likeness (QED) is 0.558. The Hall–Kier alpha value is -2.10. The van der Waals surface area contributed by atoms with Crippen LogP contribution in [0.3, 0.4) is 0 Å². The van der Waals surface area contributed by atoms with E-state index < -0.39 is 0 Å². The van der Waals surface area contributed by atoms with Crippen LogP contribution < -0.4 is 5.73 Å². The number of nitrogen functional groups attached to an aromatic ring is 1. The zero-order valence-electron chi connectivity index (χ0n) is 7.36. The zero-order valence-corrected chi connectivity index (χ0v) is 7.36. The zero-order chi connectivity index (χ0) is 9.54. The van der Waals surface area contributed by atoms with Crippen LogP contribution in [0.1, 0.15) is 0 Å². The van der Waals surface area contributed by atoms with Crippen molar-refractivity contribution in [3.63, 3.8) is 0 Å². The van der Waals surface area contributed by atoms with E-state index in [9.17, 15) is 0 Å². The first-order valence-electron chi connectivity index (χ1n) is 4.34. The van der Waals surface area contributed by atoms with Crippen LogP contribution in [0, 0.1) is 0 Å². The third kappa shape index (κ3) is 0.939. The van der Waals surface area contributed by atoms with Gasteiger partial charge in [-0.1, -0.05) is 18.2 Å². The molecule has 2 aromatic heterocycles. The van der Waals surface area contributed by atoms with Gasteiger partial charge in [0, 0.05) is 5.39 Å². The van der Waals surface area contributed by atoms with Gasteiger partial charge in [-0.25, -0.2) is 4.98 Å². The molecule has 1 aromatic carbocycles. The highest BCUT2D eigenvalue weighted by Gasteiger charge is 2.02. The lowest BCUT2D eigenvalue weighted by molar-refractivity contribution is 1.33. The monoisotopic (exact) mass is 184 g/mol. The predicted octanol–water partition coefficient (Wildman–Crippen LogP) is 1.69. The normalized spacial score (nSPS) is 11.1. The Balaban J connectivity index is 2.51. The van der Waals surface area contributed by atoms with Crippen LogP contribution in [0.5, 0.6) is 0 Å². The minimum atomic E-state index is 0.405. The Labute approximate surface area is 79.8 Å². The third-order valence-electron chi connectivity index (χ3n) is 2.19. The number of benzene rings is 1. The molecule has 3 rings (SSSR count). The molecule has 0 aliphatic rings.